The van der Waals surface area contributed by atoms with Gasteiger partial charge in [0.05, 0.1) is 18.6 Å². The van der Waals surface area contributed by atoms with Crippen molar-refractivity contribution in [3.8, 4) is 11.5 Å². The van der Waals surface area contributed by atoms with E-state index in [-0.39, 0.29) is 10.8 Å². The molecule has 1 N–H and O–H groups in total. The predicted octanol–water partition coefficient (Wildman–Crippen LogP) is 3.86. The van der Waals surface area contributed by atoms with Crippen LogP contribution in [0.3, 0.4) is 0 Å². The molecular weight excluding hydrogens is 466 g/mol. The second-order valence-electron chi connectivity index (χ2n) is 8.07. The van der Waals surface area contributed by atoms with E-state index < -0.39 is 10.0 Å². The smallest absolute Gasteiger partial charge is 0.261 e. The molecule has 0 aromatic heterocycles. The number of carbonyl (C=O) groups excluding carboxylic acids is 1. The summed E-state index contributed by atoms with van der Waals surface area (Å²) in [5.74, 6) is 1.27. The molecule has 184 valence electrons. The molecule has 35 heavy (non-hydrogen) atoms. The molecule has 0 bridgehead atoms. The first-order chi connectivity index (χ1) is 16.9. The Kier molecular flexibility index (Phi) is 7.45. The van der Waals surface area contributed by atoms with Crippen molar-refractivity contribution in [2.45, 2.75) is 11.8 Å². The molecule has 1 heterocycles. The van der Waals surface area contributed by atoms with Gasteiger partial charge in [0.25, 0.3) is 15.9 Å². The molecule has 0 radical (unpaired) electrons. The number of nitrogens with one attached hydrogen (secondary N) is 1. The number of anilines is 2. The number of carbonyl (C=O) groups is 1. The van der Waals surface area contributed by atoms with Gasteiger partial charge in [-0.3, -0.25) is 9.52 Å². The summed E-state index contributed by atoms with van der Waals surface area (Å²) < 4.78 is 38.9. The van der Waals surface area contributed by atoms with E-state index in [4.69, 9.17) is 9.47 Å². The van der Waals surface area contributed by atoms with Crippen LogP contribution in [0.4, 0.5) is 11.4 Å². The third-order valence-corrected chi connectivity index (χ3v) is 7.19. The topological polar surface area (TPSA) is 88.2 Å². The molecule has 3 aromatic carbocycles. The number of methoxy groups -OCH3 is 1. The van der Waals surface area contributed by atoms with Crippen molar-refractivity contribution >= 4 is 27.3 Å². The van der Waals surface area contributed by atoms with Gasteiger partial charge in [0.2, 0.25) is 0 Å². The molecule has 9 heteroatoms. The quantitative estimate of drug-likeness (QED) is 0.511. The number of piperazine rings is 1. The van der Waals surface area contributed by atoms with Crippen LogP contribution in [-0.2, 0) is 10.0 Å². The molecule has 1 amide bonds. The monoisotopic (exact) mass is 495 g/mol. The molecular formula is C26H29N3O5S. The van der Waals surface area contributed by atoms with Crippen LogP contribution in [0.5, 0.6) is 11.5 Å². The molecule has 1 saturated heterocycles. The zero-order valence-electron chi connectivity index (χ0n) is 19.8. The van der Waals surface area contributed by atoms with Gasteiger partial charge in [-0.1, -0.05) is 12.1 Å². The summed E-state index contributed by atoms with van der Waals surface area (Å²) in [4.78, 5) is 17.2. The van der Waals surface area contributed by atoms with Gasteiger partial charge in [-0.05, 0) is 61.5 Å². The minimum absolute atomic E-state index is 0.117. The molecule has 0 atom stereocenters. The minimum Gasteiger partial charge on any atom is -0.497 e. The highest BCUT2D eigenvalue weighted by molar-refractivity contribution is 7.92. The summed E-state index contributed by atoms with van der Waals surface area (Å²) in [7, 11) is -2.16. The Bertz CT molecular complexity index is 1270. The van der Waals surface area contributed by atoms with E-state index in [0.29, 0.717) is 49.8 Å². The molecule has 8 nitrogen and oxygen atoms in total. The van der Waals surface area contributed by atoms with Crippen LogP contribution < -0.4 is 19.1 Å². The third kappa shape index (κ3) is 5.86. The summed E-state index contributed by atoms with van der Waals surface area (Å²) in [6.07, 6.45) is 0. The second-order valence-corrected chi connectivity index (χ2v) is 9.75. The Hall–Kier alpha value is -3.72. The number of nitrogens with zero attached hydrogens (tertiary/aromatic N) is 2. The summed E-state index contributed by atoms with van der Waals surface area (Å²) >= 11 is 0. The van der Waals surface area contributed by atoms with E-state index in [1.165, 1.54) is 12.1 Å². The molecule has 3 aromatic rings. The lowest BCUT2D eigenvalue weighted by Gasteiger charge is -2.36. The van der Waals surface area contributed by atoms with E-state index in [1.54, 1.807) is 48.4 Å². The number of benzene rings is 3. The lowest BCUT2D eigenvalue weighted by atomic mass is 10.1. The Morgan fingerprint density at radius 2 is 1.63 bits per heavy atom. The van der Waals surface area contributed by atoms with Gasteiger partial charge >= 0.3 is 0 Å². The van der Waals surface area contributed by atoms with Crippen molar-refractivity contribution in [1.29, 1.82) is 0 Å². The van der Waals surface area contributed by atoms with Gasteiger partial charge in [0.1, 0.15) is 11.5 Å². The molecule has 1 aliphatic rings. The van der Waals surface area contributed by atoms with E-state index in [1.807, 2.05) is 31.2 Å². The lowest BCUT2D eigenvalue weighted by molar-refractivity contribution is 0.0747. The van der Waals surface area contributed by atoms with Crippen LogP contribution in [0.25, 0.3) is 0 Å². The van der Waals surface area contributed by atoms with E-state index >= 15 is 0 Å². The summed E-state index contributed by atoms with van der Waals surface area (Å²) in [6.45, 7) is 4.89. The van der Waals surface area contributed by atoms with Crippen molar-refractivity contribution in [3.05, 3.63) is 78.4 Å². The number of ether oxygens (including phenoxy) is 2. The molecule has 0 unspecified atom stereocenters. The first-order valence-corrected chi connectivity index (χ1v) is 12.9. The fourth-order valence-corrected chi connectivity index (χ4v) is 5.02. The minimum atomic E-state index is -3.80. The highest BCUT2D eigenvalue weighted by atomic mass is 32.2. The number of amides is 1. The van der Waals surface area contributed by atoms with Crippen LogP contribution in [-0.4, -0.2) is 59.1 Å². The normalized spacial score (nSPS) is 13.9. The van der Waals surface area contributed by atoms with Gasteiger partial charge in [-0.2, -0.15) is 0 Å². The summed E-state index contributed by atoms with van der Waals surface area (Å²) in [5, 5.41) is 0. The maximum Gasteiger partial charge on any atom is 0.261 e. The first-order valence-electron chi connectivity index (χ1n) is 11.4. The van der Waals surface area contributed by atoms with Crippen LogP contribution in [0.2, 0.25) is 0 Å². The van der Waals surface area contributed by atoms with Crippen LogP contribution in [0.15, 0.2) is 77.7 Å². The average Bonchev–Trinajstić information content (AvgIpc) is 2.89. The van der Waals surface area contributed by atoms with Crippen molar-refractivity contribution in [1.82, 2.24) is 4.90 Å². The van der Waals surface area contributed by atoms with Gasteiger partial charge < -0.3 is 19.3 Å². The Balaban J connectivity index is 1.40. The number of hydrogen-bond donors (Lipinski definition) is 1. The lowest BCUT2D eigenvalue weighted by Crippen LogP contribution is -2.48. The molecule has 1 fully saturated rings. The number of sulfonamides is 1. The Morgan fingerprint density at radius 1 is 0.914 bits per heavy atom. The first kappa shape index (κ1) is 24.4. The van der Waals surface area contributed by atoms with E-state index in [2.05, 4.69) is 9.62 Å². The summed E-state index contributed by atoms with van der Waals surface area (Å²) in [6, 6.07) is 20.7. The van der Waals surface area contributed by atoms with E-state index in [9.17, 15) is 13.2 Å². The van der Waals surface area contributed by atoms with Crippen LogP contribution in [0.1, 0.15) is 17.3 Å². The van der Waals surface area contributed by atoms with Crippen molar-refractivity contribution in [2.24, 2.45) is 0 Å². The van der Waals surface area contributed by atoms with Gasteiger partial charge in [0, 0.05) is 49.2 Å². The zero-order valence-corrected chi connectivity index (χ0v) is 20.6. The maximum absolute atomic E-state index is 13.1. The van der Waals surface area contributed by atoms with Gasteiger partial charge in [0.15, 0.2) is 0 Å². The number of hydrogen-bond acceptors (Lipinski definition) is 6. The molecule has 0 aliphatic carbocycles. The van der Waals surface area contributed by atoms with Crippen LogP contribution >= 0.6 is 0 Å². The third-order valence-electron chi connectivity index (χ3n) is 5.79. The van der Waals surface area contributed by atoms with Crippen molar-refractivity contribution in [3.63, 3.8) is 0 Å². The van der Waals surface area contributed by atoms with E-state index in [0.717, 1.165) is 11.4 Å². The Morgan fingerprint density at radius 3 is 2.31 bits per heavy atom. The second kappa shape index (κ2) is 10.7. The van der Waals surface area contributed by atoms with Crippen LogP contribution in [0, 0.1) is 0 Å². The largest absolute Gasteiger partial charge is 0.497 e. The predicted molar refractivity (Wildman–Crippen MR) is 136 cm³/mol. The molecule has 0 spiro atoms. The van der Waals surface area contributed by atoms with Crippen molar-refractivity contribution < 1.29 is 22.7 Å². The molecule has 1 aliphatic heterocycles. The fraction of sp³-hybridized carbons (Fsp3) is 0.269. The standard InChI is InChI=1S/C26H29N3O5S/c1-3-34-23-10-12-25(13-11-23)35(31,32)27-21-7-4-6-20(18-21)26(30)29-16-14-28(15-17-29)22-8-5-9-24(19-22)33-2/h4-13,18-19,27H,3,14-17H2,1-2H3. The maximum atomic E-state index is 13.1. The molecule has 0 saturated carbocycles. The Labute approximate surface area is 206 Å². The van der Waals surface area contributed by atoms with Gasteiger partial charge in [-0.15, -0.1) is 0 Å². The fourth-order valence-electron chi connectivity index (χ4n) is 3.97. The van der Waals surface area contributed by atoms with Gasteiger partial charge in [-0.25, -0.2) is 8.42 Å². The highest BCUT2D eigenvalue weighted by Crippen LogP contribution is 2.24. The molecule has 4 rings (SSSR count). The average molecular weight is 496 g/mol. The highest BCUT2D eigenvalue weighted by Gasteiger charge is 2.23. The number of rotatable bonds is 8. The zero-order chi connectivity index (χ0) is 24.8. The SMILES string of the molecule is CCOc1ccc(S(=O)(=O)Nc2cccc(C(=O)N3CCN(c4cccc(OC)c4)CC3)c2)cc1. The summed E-state index contributed by atoms with van der Waals surface area (Å²) in [5.41, 5.74) is 1.83. The van der Waals surface area contributed by atoms with Crippen molar-refractivity contribution in [2.75, 3.05) is 49.5 Å².